The molecule has 188 valence electrons. The van der Waals surface area contributed by atoms with E-state index in [0.29, 0.717) is 35.4 Å². The molecule has 0 spiro atoms. The number of pyridine rings is 1. The fraction of sp³-hybridized carbons (Fsp3) is 0.360. The van der Waals surface area contributed by atoms with Crippen LogP contribution in [-0.4, -0.2) is 30.8 Å². The number of amides is 1. The molecular formula is C25H31N3O6S. The highest BCUT2D eigenvalue weighted by molar-refractivity contribution is 7.92. The summed E-state index contributed by atoms with van der Waals surface area (Å²) < 4.78 is 35.9. The van der Waals surface area contributed by atoms with Crippen molar-refractivity contribution in [3.63, 3.8) is 0 Å². The number of aromatic nitrogens is 1. The first-order chi connectivity index (χ1) is 16.6. The fourth-order valence-electron chi connectivity index (χ4n) is 3.71. The van der Waals surface area contributed by atoms with E-state index in [2.05, 4.69) is 10.0 Å². The van der Waals surface area contributed by atoms with Gasteiger partial charge in [-0.25, -0.2) is 13.2 Å². The summed E-state index contributed by atoms with van der Waals surface area (Å²) >= 11 is 0. The van der Waals surface area contributed by atoms with E-state index >= 15 is 0 Å². The van der Waals surface area contributed by atoms with E-state index in [9.17, 15) is 23.1 Å². The van der Waals surface area contributed by atoms with Gasteiger partial charge in [0.15, 0.2) is 0 Å². The summed E-state index contributed by atoms with van der Waals surface area (Å²) in [5, 5.41) is 12.3. The van der Waals surface area contributed by atoms with Crippen LogP contribution in [0.5, 0.6) is 5.75 Å². The second-order valence-corrected chi connectivity index (χ2v) is 10.3. The topological polar surface area (TPSA) is 127 Å². The molecule has 0 aliphatic rings. The molecule has 35 heavy (non-hydrogen) atoms. The van der Waals surface area contributed by atoms with Gasteiger partial charge in [0.05, 0.1) is 29.1 Å². The lowest BCUT2D eigenvalue weighted by atomic mass is 10.1. The van der Waals surface area contributed by atoms with Gasteiger partial charge < -0.3 is 19.7 Å². The number of fused-ring (bicyclic) bond motifs is 1. The van der Waals surface area contributed by atoms with Gasteiger partial charge in [0.25, 0.3) is 15.6 Å². The van der Waals surface area contributed by atoms with Crippen molar-refractivity contribution in [3.05, 3.63) is 64.6 Å². The van der Waals surface area contributed by atoms with Gasteiger partial charge in [-0.05, 0) is 42.7 Å². The number of hydrogen-bond acceptors (Lipinski definition) is 5. The van der Waals surface area contributed by atoms with Crippen molar-refractivity contribution >= 4 is 32.6 Å². The molecule has 0 fully saturated rings. The molecule has 2 aromatic carbocycles. The van der Waals surface area contributed by atoms with E-state index in [-0.39, 0.29) is 28.6 Å². The van der Waals surface area contributed by atoms with Gasteiger partial charge in [0.2, 0.25) is 0 Å². The molecule has 3 N–H and O–H groups in total. The molecule has 0 aliphatic carbocycles. The van der Waals surface area contributed by atoms with Crippen molar-refractivity contribution in [1.82, 2.24) is 9.88 Å². The summed E-state index contributed by atoms with van der Waals surface area (Å²) in [5.41, 5.74) is 0.369. The number of nitrogens with zero attached hydrogens (tertiary/aromatic N) is 1. The van der Waals surface area contributed by atoms with Crippen LogP contribution in [0.4, 0.5) is 10.5 Å². The molecule has 0 aliphatic heterocycles. The zero-order valence-electron chi connectivity index (χ0n) is 20.1. The summed E-state index contributed by atoms with van der Waals surface area (Å²) in [6, 6.07) is 12.6. The molecule has 0 saturated heterocycles. The normalized spacial score (nSPS) is 11.5. The van der Waals surface area contributed by atoms with Crippen LogP contribution in [0, 0.1) is 5.92 Å². The molecule has 3 rings (SSSR count). The SMILES string of the molecule is CCCCOc1c(CNC(=O)O)n(CC(C)C)c(=O)c2ccc(NS(=O)(=O)c3ccccc3)cc12. The van der Waals surface area contributed by atoms with Crippen molar-refractivity contribution in [1.29, 1.82) is 0 Å². The third kappa shape index (κ3) is 6.33. The molecule has 0 saturated carbocycles. The number of anilines is 1. The molecule has 10 heteroatoms. The van der Waals surface area contributed by atoms with Crippen LogP contribution in [0.3, 0.4) is 0 Å². The Morgan fingerprint density at radius 2 is 1.83 bits per heavy atom. The number of rotatable bonds is 11. The number of sulfonamides is 1. The number of carbonyl (C=O) groups is 1. The molecular weight excluding hydrogens is 470 g/mol. The number of hydrogen-bond donors (Lipinski definition) is 3. The molecule has 1 aromatic heterocycles. The predicted octanol–water partition coefficient (Wildman–Crippen LogP) is 4.40. The van der Waals surface area contributed by atoms with Gasteiger partial charge >= 0.3 is 6.09 Å². The molecule has 0 unspecified atom stereocenters. The Kier molecular flexibility index (Phi) is 8.39. The first kappa shape index (κ1) is 26.1. The highest BCUT2D eigenvalue weighted by Crippen LogP contribution is 2.32. The maximum absolute atomic E-state index is 13.4. The second-order valence-electron chi connectivity index (χ2n) is 8.63. The van der Waals surface area contributed by atoms with Crippen LogP contribution in [-0.2, 0) is 23.1 Å². The van der Waals surface area contributed by atoms with Gasteiger partial charge in [-0.3, -0.25) is 9.52 Å². The Morgan fingerprint density at radius 1 is 1.11 bits per heavy atom. The monoisotopic (exact) mass is 501 g/mol. The number of nitrogens with one attached hydrogen (secondary N) is 2. The third-order valence-corrected chi connectivity index (χ3v) is 6.73. The van der Waals surface area contributed by atoms with Crippen molar-refractivity contribution < 1.29 is 23.1 Å². The molecule has 0 bridgehead atoms. The quantitative estimate of drug-likeness (QED) is 0.334. The van der Waals surface area contributed by atoms with E-state index < -0.39 is 16.1 Å². The Bertz CT molecular complexity index is 1350. The lowest BCUT2D eigenvalue weighted by molar-refractivity contribution is 0.193. The number of unbranched alkanes of at least 4 members (excludes halogenated alkanes) is 1. The van der Waals surface area contributed by atoms with Crippen molar-refractivity contribution in [3.8, 4) is 5.75 Å². The Morgan fingerprint density at radius 3 is 2.46 bits per heavy atom. The van der Waals surface area contributed by atoms with Crippen LogP contribution >= 0.6 is 0 Å². The lowest BCUT2D eigenvalue weighted by Gasteiger charge is -2.21. The Balaban J connectivity index is 2.19. The standard InChI is InChI=1S/C25H31N3O6S/c1-4-5-13-34-23-21-14-18(27-35(32,33)19-9-7-6-8-10-19)11-12-20(21)24(29)28(16-17(2)3)22(23)15-26-25(30)31/h6-12,14,17,26-27H,4-5,13,15-16H2,1-3H3,(H,30,31). The highest BCUT2D eigenvalue weighted by atomic mass is 32.2. The van der Waals surface area contributed by atoms with Gasteiger partial charge in [0, 0.05) is 17.6 Å². The van der Waals surface area contributed by atoms with Gasteiger partial charge in [-0.15, -0.1) is 0 Å². The van der Waals surface area contributed by atoms with Crippen LogP contribution in [0.1, 0.15) is 39.3 Å². The fourth-order valence-corrected chi connectivity index (χ4v) is 4.79. The van der Waals surface area contributed by atoms with Gasteiger partial charge in [-0.2, -0.15) is 0 Å². The molecule has 1 amide bonds. The van der Waals surface area contributed by atoms with E-state index in [1.54, 1.807) is 30.3 Å². The average Bonchev–Trinajstić information content (AvgIpc) is 2.81. The summed E-state index contributed by atoms with van der Waals surface area (Å²) in [6.45, 7) is 6.55. The Hall–Kier alpha value is -3.53. The van der Waals surface area contributed by atoms with Gasteiger partial charge in [0.1, 0.15) is 5.75 Å². The lowest BCUT2D eigenvalue weighted by Crippen LogP contribution is -2.31. The van der Waals surface area contributed by atoms with E-state index in [1.165, 1.54) is 22.8 Å². The summed E-state index contributed by atoms with van der Waals surface area (Å²) in [5.74, 6) is 0.484. The van der Waals surface area contributed by atoms with Crippen molar-refractivity contribution in [2.24, 2.45) is 5.92 Å². The van der Waals surface area contributed by atoms with Crippen LogP contribution in [0.25, 0.3) is 10.8 Å². The van der Waals surface area contributed by atoms with E-state index in [1.807, 2.05) is 20.8 Å². The maximum atomic E-state index is 13.4. The van der Waals surface area contributed by atoms with Crippen molar-refractivity contribution in [2.45, 2.75) is 51.6 Å². The first-order valence-corrected chi connectivity index (χ1v) is 13.0. The minimum atomic E-state index is -3.85. The molecule has 0 atom stereocenters. The number of carboxylic acid groups (broad SMARTS) is 1. The van der Waals surface area contributed by atoms with Gasteiger partial charge in [-0.1, -0.05) is 45.4 Å². The zero-order chi connectivity index (χ0) is 25.6. The highest BCUT2D eigenvalue weighted by Gasteiger charge is 2.21. The second kappa shape index (κ2) is 11.3. The summed E-state index contributed by atoms with van der Waals surface area (Å²) in [7, 11) is -3.85. The van der Waals surface area contributed by atoms with Crippen molar-refractivity contribution in [2.75, 3.05) is 11.3 Å². The van der Waals surface area contributed by atoms with Crippen LogP contribution in [0.15, 0.2) is 58.2 Å². The average molecular weight is 502 g/mol. The van der Waals surface area contributed by atoms with Crippen LogP contribution in [0.2, 0.25) is 0 Å². The van der Waals surface area contributed by atoms with E-state index in [0.717, 1.165) is 12.8 Å². The number of ether oxygens (including phenoxy) is 1. The maximum Gasteiger partial charge on any atom is 0.404 e. The minimum Gasteiger partial charge on any atom is -0.491 e. The summed E-state index contributed by atoms with van der Waals surface area (Å²) in [4.78, 5) is 24.8. The summed E-state index contributed by atoms with van der Waals surface area (Å²) in [6.07, 6.45) is 0.420. The molecule has 9 nitrogen and oxygen atoms in total. The van der Waals surface area contributed by atoms with Crippen LogP contribution < -0.4 is 20.3 Å². The zero-order valence-corrected chi connectivity index (χ0v) is 20.9. The van der Waals surface area contributed by atoms with E-state index in [4.69, 9.17) is 4.74 Å². The number of benzene rings is 2. The molecule has 0 radical (unpaired) electrons. The molecule has 1 heterocycles. The smallest absolute Gasteiger partial charge is 0.404 e. The first-order valence-electron chi connectivity index (χ1n) is 11.5. The molecule has 3 aromatic rings. The minimum absolute atomic E-state index is 0.109. The third-order valence-electron chi connectivity index (χ3n) is 5.33. The Labute approximate surface area is 204 Å². The predicted molar refractivity (Wildman–Crippen MR) is 136 cm³/mol. The largest absolute Gasteiger partial charge is 0.491 e.